The number of fused-ring (bicyclic) bond motifs is 7. The third-order valence-electron chi connectivity index (χ3n) is 10.7. The van der Waals surface area contributed by atoms with Gasteiger partial charge in [0.05, 0.1) is 28.1 Å². The van der Waals surface area contributed by atoms with Crippen LogP contribution in [0.2, 0.25) is 5.02 Å². The van der Waals surface area contributed by atoms with Crippen LogP contribution in [0.1, 0.15) is 48.0 Å². The van der Waals surface area contributed by atoms with E-state index in [1.54, 1.807) is 6.07 Å². The summed E-state index contributed by atoms with van der Waals surface area (Å²) in [7, 11) is 2.21. The zero-order valence-corrected chi connectivity index (χ0v) is 29.1. The minimum Gasteiger partial charge on any atom is -0.347 e. The van der Waals surface area contributed by atoms with Gasteiger partial charge in [0.2, 0.25) is 0 Å². The highest BCUT2D eigenvalue weighted by Crippen LogP contribution is 2.37. The molecule has 2 fully saturated rings. The molecule has 0 spiro atoms. The number of piperazine rings is 1. The number of piperidine rings is 1. The number of nitrogens with zero attached hydrogens (tertiary/aromatic N) is 6. The Labute approximate surface area is 295 Å². The lowest BCUT2D eigenvalue weighted by Gasteiger charge is -2.41. The van der Waals surface area contributed by atoms with E-state index in [2.05, 4.69) is 73.1 Å². The Hall–Kier alpha value is -4.64. The molecule has 6 heterocycles. The van der Waals surface area contributed by atoms with Crippen molar-refractivity contribution in [2.24, 2.45) is 0 Å². The lowest BCUT2D eigenvalue weighted by molar-refractivity contribution is 0.183. The number of hydrogen-bond acceptors (Lipinski definition) is 6. The number of aryl methyl sites for hydroxylation is 1. The van der Waals surface area contributed by atoms with Gasteiger partial charge in [-0.3, -0.25) is 9.13 Å². The molecule has 0 aliphatic carbocycles. The summed E-state index contributed by atoms with van der Waals surface area (Å²) in [6.45, 7) is 6.77. The number of benzene rings is 3. The third-order valence-corrected chi connectivity index (χ3v) is 10.9. The predicted octanol–water partition coefficient (Wildman–Crippen LogP) is 5.83. The molecule has 1 atom stereocenters. The highest BCUT2D eigenvalue weighted by molar-refractivity contribution is 6.31. The molecule has 0 radical (unpaired) electrons. The molecule has 258 valence electrons. The number of likely N-dealkylation sites (tertiary alicyclic amines) is 1. The van der Waals surface area contributed by atoms with E-state index in [4.69, 9.17) is 11.6 Å². The van der Waals surface area contributed by atoms with Crippen molar-refractivity contribution in [1.82, 2.24) is 33.9 Å². The summed E-state index contributed by atoms with van der Waals surface area (Å²) in [5, 5.41) is 0.625. The van der Waals surface area contributed by atoms with Crippen LogP contribution in [0.4, 0.5) is 5.82 Å². The van der Waals surface area contributed by atoms with Crippen molar-refractivity contribution in [1.29, 1.82) is 0 Å². The summed E-state index contributed by atoms with van der Waals surface area (Å²) in [5.74, 6) is 1.18. The molecule has 3 aromatic carbocycles. The molecule has 2 N–H and O–H groups in total. The number of halogens is 1. The van der Waals surface area contributed by atoms with Crippen molar-refractivity contribution in [3.8, 4) is 0 Å². The minimum atomic E-state index is -0.0653. The van der Waals surface area contributed by atoms with Gasteiger partial charge in [0.15, 0.2) is 0 Å². The number of nitrogens with one attached hydrogen (secondary N) is 2. The van der Waals surface area contributed by atoms with Gasteiger partial charge in [-0.2, -0.15) is 0 Å². The van der Waals surface area contributed by atoms with Crippen LogP contribution in [0.5, 0.6) is 0 Å². The van der Waals surface area contributed by atoms with Crippen molar-refractivity contribution in [2.75, 3.05) is 51.2 Å². The van der Waals surface area contributed by atoms with E-state index in [-0.39, 0.29) is 17.4 Å². The Morgan fingerprint density at radius 2 is 1.58 bits per heavy atom. The second-order valence-corrected chi connectivity index (χ2v) is 14.3. The van der Waals surface area contributed by atoms with Crippen molar-refractivity contribution in [2.45, 2.75) is 44.3 Å². The van der Waals surface area contributed by atoms with Crippen molar-refractivity contribution in [3.63, 3.8) is 0 Å². The number of rotatable bonds is 5. The van der Waals surface area contributed by atoms with Crippen molar-refractivity contribution < 1.29 is 0 Å². The molecule has 0 saturated carbocycles. The van der Waals surface area contributed by atoms with Gasteiger partial charge in [-0.25, -0.2) is 14.6 Å². The third kappa shape index (κ3) is 6.39. The monoisotopic (exact) mass is 690 g/mol. The number of hydrogen-bond donors (Lipinski definition) is 2. The van der Waals surface area contributed by atoms with Crippen LogP contribution in [0.3, 0.4) is 0 Å². The first-order valence-corrected chi connectivity index (χ1v) is 18.1. The largest absolute Gasteiger partial charge is 0.347 e. The molecule has 3 aliphatic heterocycles. The van der Waals surface area contributed by atoms with Gasteiger partial charge < -0.3 is 24.7 Å². The van der Waals surface area contributed by atoms with Crippen LogP contribution < -0.4 is 16.3 Å². The molecule has 11 heteroatoms. The topological polar surface area (TPSA) is 98.2 Å². The predicted molar refractivity (Wildman–Crippen MR) is 201 cm³/mol. The molecule has 0 amide bonds. The lowest BCUT2D eigenvalue weighted by atomic mass is 9.96. The maximum atomic E-state index is 12.5. The van der Waals surface area contributed by atoms with Gasteiger partial charge in [0, 0.05) is 63.0 Å². The number of anilines is 1. The Morgan fingerprint density at radius 3 is 2.46 bits per heavy atom. The van der Waals surface area contributed by atoms with Crippen LogP contribution in [-0.4, -0.2) is 80.2 Å². The zero-order chi connectivity index (χ0) is 34.2. The van der Waals surface area contributed by atoms with Crippen molar-refractivity contribution >= 4 is 39.5 Å². The SMILES string of the molecule is CN1CCN2c3ncccc3Cc3ccccc3C2C1.O=c1[nH]c2ccccc2n1CCCN1CCC(n2c(=O)[nH]c3cc(Cl)ccc32)CC1. The fourth-order valence-corrected chi connectivity index (χ4v) is 8.31. The minimum absolute atomic E-state index is 0.0475. The Morgan fingerprint density at radius 1 is 0.800 bits per heavy atom. The average Bonchev–Trinajstić information content (AvgIpc) is 3.58. The first-order valence-electron chi connectivity index (χ1n) is 17.7. The van der Waals surface area contributed by atoms with Gasteiger partial charge in [-0.05, 0) is 85.9 Å². The number of H-pyrrole nitrogens is 2. The summed E-state index contributed by atoms with van der Waals surface area (Å²) < 4.78 is 3.70. The molecular formula is C39H43ClN8O2. The first-order chi connectivity index (χ1) is 24.4. The van der Waals surface area contributed by atoms with E-state index < -0.39 is 0 Å². The summed E-state index contributed by atoms with van der Waals surface area (Å²) in [5.41, 5.74) is 7.71. The van der Waals surface area contributed by atoms with E-state index in [0.717, 1.165) is 87.0 Å². The standard InChI is InChI=1S/C22H24ClN5O2.C17H19N3/c23-15-6-7-20-18(14-15)25-22(30)28(20)16-8-12-26(13-9-16)10-3-11-27-19-5-2-1-4-17(19)24-21(27)29;1-19-9-10-20-16(12-19)15-7-3-2-5-13(15)11-14-6-4-8-18-17(14)20/h1-2,4-7,14,16H,3,8-13H2,(H,24,29)(H,25,30);2-8,16H,9-12H2,1H3. The van der Waals surface area contributed by atoms with Gasteiger partial charge in [-0.1, -0.05) is 54.1 Å². The maximum Gasteiger partial charge on any atom is 0.326 e. The molecule has 10 nitrogen and oxygen atoms in total. The van der Waals surface area contributed by atoms with Gasteiger partial charge >= 0.3 is 11.4 Å². The molecule has 3 aliphatic rings. The van der Waals surface area contributed by atoms with Crippen LogP contribution in [0.25, 0.3) is 22.1 Å². The highest BCUT2D eigenvalue weighted by Gasteiger charge is 2.32. The zero-order valence-electron chi connectivity index (χ0n) is 28.4. The number of aromatic nitrogens is 5. The van der Waals surface area contributed by atoms with E-state index >= 15 is 0 Å². The van der Waals surface area contributed by atoms with Crippen molar-refractivity contribution in [3.05, 3.63) is 128 Å². The number of aromatic amines is 2. The quantitative estimate of drug-likeness (QED) is 0.236. The number of imidazole rings is 2. The molecule has 6 aromatic rings. The summed E-state index contributed by atoms with van der Waals surface area (Å²) in [6, 6.07) is 27.1. The maximum absolute atomic E-state index is 12.5. The second-order valence-electron chi connectivity index (χ2n) is 13.8. The normalized spacial score (nSPS) is 18.3. The van der Waals surface area contributed by atoms with Gasteiger partial charge in [-0.15, -0.1) is 0 Å². The molecule has 9 rings (SSSR count). The number of pyridine rings is 1. The molecular weight excluding hydrogens is 648 g/mol. The fraction of sp³-hybridized carbons (Fsp3) is 0.359. The highest BCUT2D eigenvalue weighted by atomic mass is 35.5. The molecule has 1 unspecified atom stereocenters. The fourth-order valence-electron chi connectivity index (χ4n) is 8.14. The summed E-state index contributed by atoms with van der Waals surface area (Å²) in [6.07, 6.45) is 5.70. The Kier molecular flexibility index (Phi) is 9.07. The van der Waals surface area contributed by atoms with Gasteiger partial charge in [0.25, 0.3) is 0 Å². The van der Waals surface area contributed by atoms with Crippen LogP contribution in [0.15, 0.2) is 94.6 Å². The summed E-state index contributed by atoms with van der Waals surface area (Å²) >= 11 is 6.05. The van der Waals surface area contributed by atoms with E-state index in [1.807, 2.05) is 51.7 Å². The average molecular weight is 691 g/mol. The van der Waals surface area contributed by atoms with E-state index in [9.17, 15) is 9.59 Å². The summed E-state index contributed by atoms with van der Waals surface area (Å²) in [4.78, 5) is 42.6. The molecule has 2 saturated heterocycles. The Balaban J connectivity index is 0.000000156. The molecule has 0 bridgehead atoms. The Bertz CT molecular complexity index is 2240. The molecule has 3 aromatic heterocycles. The van der Waals surface area contributed by atoms with Crippen LogP contribution >= 0.6 is 11.6 Å². The number of likely N-dealkylation sites (N-methyl/N-ethyl adjacent to an activating group) is 1. The van der Waals surface area contributed by atoms with Gasteiger partial charge in [0.1, 0.15) is 5.82 Å². The first kappa shape index (κ1) is 32.6. The van der Waals surface area contributed by atoms with Crippen LogP contribution in [-0.2, 0) is 13.0 Å². The van der Waals surface area contributed by atoms with Crippen LogP contribution in [0, 0.1) is 0 Å². The smallest absolute Gasteiger partial charge is 0.326 e. The number of para-hydroxylation sites is 2. The van der Waals surface area contributed by atoms with E-state index in [1.165, 1.54) is 22.5 Å². The second kappa shape index (κ2) is 13.9. The van der Waals surface area contributed by atoms with E-state index in [0.29, 0.717) is 17.6 Å². The molecule has 50 heavy (non-hydrogen) atoms. The lowest BCUT2D eigenvalue weighted by Crippen LogP contribution is -2.47.